The zero-order valence-electron chi connectivity index (χ0n) is 10.9. The van der Waals surface area contributed by atoms with E-state index in [9.17, 15) is 0 Å². The van der Waals surface area contributed by atoms with Crippen molar-refractivity contribution in [3.05, 3.63) is 28.8 Å². The van der Waals surface area contributed by atoms with Gasteiger partial charge < -0.3 is 4.74 Å². The summed E-state index contributed by atoms with van der Waals surface area (Å²) in [4.78, 5) is 0. The molecule has 1 nitrogen and oxygen atoms in total. The number of ether oxygens (including phenoxy) is 1. The van der Waals surface area contributed by atoms with Crippen molar-refractivity contribution in [3.8, 4) is 5.75 Å². The van der Waals surface area contributed by atoms with Crippen molar-refractivity contribution in [2.45, 2.75) is 50.8 Å². The lowest BCUT2D eigenvalue weighted by molar-refractivity contribution is 0.409. The number of alkyl halides is 1. The lowest BCUT2D eigenvalue weighted by atomic mass is 9.81. The van der Waals surface area contributed by atoms with E-state index in [-0.39, 0.29) is 0 Å². The van der Waals surface area contributed by atoms with Crippen molar-refractivity contribution >= 4 is 11.6 Å². The first-order valence-electron chi connectivity index (χ1n) is 6.42. The Balaban J connectivity index is 2.34. The van der Waals surface area contributed by atoms with Gasteiger partial charge in [0.2, 0.25) is 0 Å². The average molecular weight is 253 g/mol. The van der Waals surface area contributed by atoms with Crippen LogP contribution >= 0.6 is 11.6 Å². The standard InChI is InChI=1S/C15H21ClO/c1-10-9-15(17-3)11(2)8-13(10)12-6-4-5-7-14(12)16/h8-9,12,14H,4-7H2,1-3H3. The van der Waals surface area contributed by atoms with Gasteiger partial charge in [-0.3, -0.25) is 0 Å². The maximum Gasteiger partial charge on any atom is 0.122 e. The van der Waals surface area contributed by atoms with Crippen molar-refractivity contribution in [3.63, 3.8) is 0 Å². The monoisotopic (exact) mass is 252 g/mol. The fourth-order valence-corrected chi connectivity index (χ4v) is 3.28. The summed E-state index contributed by atoms with van der Waals surface area (Å²) in [6.07, 6.45) is 4.95. The second-order valence-electron chi connectivity index (χ2n) is 5.09. The fourth-order valence-electron chi connectivity index (χ4n) is 2.87. The van der Waals surface area contributed by atoms with E-state index >= 15 is 0 Å². The van der Waals surface area contributed by atoms with Gasteiger partial charge in [-0.05, 0) is 49.4 Å². The minimum Gasteiger partial charge on any atom is -0.496 e. The smallest absolute Gasteiger partial charge is 0.122 e. The van der Waals surface area contributed by atoms with E-state index in [1.165, 1.54) is 36.0 Å². The van der Waals surface area contributed by atoms with Gasteiger partial charge in [-0.2, -0.15) is 0 Å². The lowest BCUT2D eigenvalue weighted by Crippen LogP contribution is -2.18. The van der Waals surface area contributed by atoms with Crippen LogP contribution in [0, 0.1) is 13.8 Å². The molecule has 1 aliphatic carbocycles. The highest BCUT2D eigenvalue weighted by Crippen LogP contribution is 2.39. The first-order chi connectivity index (χ1) is 8.13. The highest BCUT2D eigenvalue weighted by Gasteiger charge is 2.26. The van der Waals surface area contributed by atoms with E-state index in [0.717, 1.165) is 12.2 Å². The molecule has 0 aliphatic heterocycles. The highest BCUT2D eigenvalue weighted by atomic mass is 35.5. The minimum absolute atomic E-state index is 0.301. The van der Waals surface area contributed by atoms with Crippen LogP contribution in [0.4, 0.5) is 0 Å². The normalized spacial score (nSPS) is 24.7. The van der Waals surface area contributed by atoms with E-state index in [2.05, 4.69) is 26.0 Å². The maximum absolute atomic E-state index is 6.48. The zero-order valence-corrected chi connectivity index (χ0v) is 11.7. The Morgan fingerprint density at radius 3 is 2.47 bits per heavy atom. The number of rotatable bonds is 2. The third-order valence-electron chi connectivity index (χ3n) is 3.86. The third-order valence-corrected chi connectivity index (χ3v) is 4.39. The van der Waals surface area contributed by atoms with Crippen molar-refractivity contribution in [1.82, 2.24) is 0 Å². The number of halogens is 1. The van der Waals surface area contributed by atoms with Crippen LogP contribution in [0.5, 0.6) is 5.75 Å². The van der Waals surface area contributed by atoms with Gasteiger partial charge in [0.05, 0.1) is 7.11 Å². The second kappa shape index (κ2) is 5.30. The van der Waals surface area contributed by atoms with Gasteiger partial charge in [-0.15, -0.1) is 11.6 Å². The van der Waals surface area contributed by atoms with Gasteiger partial charge >= 0.3 is 0 Å². The highest BCUT2D eigenvalue weighted by molar-refractivity contribution is 6.21. The SMILES string of the molecule is COc1cc(C)c(C2CCCCC2Cl)cc1C. The second-order valence-corrected chi connectivity index (χ2v) is 5.65. The zero-order chi connectivity index (χ0) is 12.4. The van der Waals surface area contributed by atoms with Crippen molar-refractivity contribution in [2.24, 2.45) is 0 Å². The first kappa shape index (κ1) is 12.8. The summed E-state index contributed by atoms with van der Waals surface area (Å²) in [5, 5.41) is 0.301. The molecule has 1 fully saturated rings. The van der Waals surface area contributed by atoms with Crippen LogP contribution in [0.25, 0.3) is 0 Å². The molecule has 0 N–H and O–H groups in total. The molecule has 1 aromatic carbocycles. The molecule has 2 unspecified atom stereocenters. The van der Waals surface area contributed by atoms with Crippen molar-refractivity contribution < 1.29 is 4.74 Å². The molecule has 0 amide bonds. The lowest BCUT2D eigenvalue weighted by Gasteiger charge is -2.29. The topological polar surface area (TPSA) is 9.23 Å². The molecular weight excluding hydrogens is 232 g/mol. The van der Waals surface area contributed by atoms with Crippen LogP contribution in [0.15, 0.2) is 12.1 Å². The molecule has 1 saturated carbocycles. The maximum atomic E-state index is 6.48. The summed E-state index contributed by atoms with van der Waals surface area (Å²) in [7, 11) is 1.73. The Morgan fingerprint density at radius 1 is 1.12 bits per heavy atom. The van der Waals surface area contributed by atoms with E-state index in [1.807, 2.05) is 0 Å². The molecule has 2 heteroatoms. The molecular formula is C15H21ClO. The van der Waals surface area contributed by atoms with E-state index < -0.39 is 0 Å². The Labute approximate surface area is 109 Å². The predicted octanol–water partition coefficient (Wildman–Crippen LogP) is 4.58. The van der Waals surface area contributed by atoms with Crippen LogP contribution in [0.1, 0.15) is 48.3 Å². The van der Waals surface area contributed by atoms with Crippen LogP contribution in [0.3, 0.4) is 0 Å². The Hall–Kier alpha value is -0.690. The summed E-state index contributed by atoms with van der Waals surface area (Å²) in [5.74, 6) is 1.50. The molecule has 0 aromatic heterocycles. The molecule has 0 radical (unpaired) electrons. The Kier molecular flexibility index (Phi) is 3.98. The molecule has 0 bridgehead atoms. The summed E-state index contributed by atoms with van der Waals surface area (Å²) < 4.78 is 5.36. The molecule has 2 rings (SSSR count). The van der Waals surface area contributed by atoms with Gasteiger partial charge in [0.15, 0.2) is 0 Å². The molecule has 0 spiro atoms. The van der Waals surface area contributed by atoms with Gasteiger partial charge in [0.1, 0.15) is 5.75 Å². The molecule has 94 valence electrons. The summed E-state index contributed by atoms with van der Waals surface area (Å²) in [6, 6.07) is 4.41. The van der Waals surface area contributed by atoms with Crippen LogP contribution < -0.4 is 4.74 Å². The summed E-state index contributed by atoms with van der Waals surface area (Å²) in [6.45, 7) is 4.27. The largest absolute Gasteiger partial charge is 0.496 e. The Bertz CT molecular complexity index is 400. The van der Waals surface area contributed by atoms with Gasteiger partial charge in [-0.1, -0.05) is 18.9 Å². The van der Waals surface area contributed by atoms with Crippen LogP contribution in [0.2, 0.25) is 0 Å². The number of hydrogen-bond donors (Lipinski definition) is 0. The molecule has 1 aromatic rings. The molecule has 1 aliphatic rings. The van der Waals surface area contributed by atoms with Crippen LogP contribution in [-0.2, 0) is 0 Å². The van der Waals surface area contributed by atoms with Gasteiger partial charge in [0.25, 0.3) is 0 Å². The number of aryl methyl sites for hydroxylation is 2. The van der Waals surface area contributed by atoms with Crippen molar-refractivity contribution in [2.75, 3.05) is 7.11 Å². The van der Waals surface area contributed by atoms with E-state index in [4.69, 9.17) is 16.3 Å². The molecule has 0 saturated heterocycles. The van der Waals surface area contributed by atoms with E-state index in [0.29, 0.717) is 11.3 Å². The van der Waals surface area contributed by atoms with Gasteiger partial charge in [0, 0.05) is 11.3 Å². The van der Waals surface area contributed by atoms with Crippen LogP contribution in [-0.4, -0.2) is 12.5 Å². The average Bonchev–Trinajstić information content (AvgIpc) is 2.32. The summed E-state index contributed by atoms with van der Waals surface area (Å²) in [5.41, 5.74) is 3.94. The van der Waals surface area contributed by atoms with Gasteiger partial charge in [-0.25, -0.2) is 0 Å². The molecule has 0 heterocycles. The molecule has 17 heavy (non-hydrogen) atoms. The predicted molar refractivity (Wildman–Crippen MR) is 73.3 cm³/mol. The summed E-state index contributed by atoms with van der Waals surface area (Å²) >= 11 is 6.48. The molecule has 2 atom stereocenters. The van der Waals surface area contributed by atoms with Crippen molar-refractivity contribution in [1.29, 1.82) is 0 Å². The fraction of sp³-hybridized carbons (Fsp3) is 0.600. The minimum atomic E-state index is 0.301. The quantitative estimate of drug-likeness (QED) is 0.701. The Morgan fingerprint density at radius 2 is 1.82 bits per heavy atom. The van der Waals surface area contributed by atoms with E-state index in [1.54, 1.807) is 7.11 Å². The first-order valence-corrected chi connectivity index (χ1v) is 6.86. The number of methoxy groups -OCH3 is 1. The number of hydrogen-bond acceptors (Lipinski definition) is 1. The third kappa shape index (κ3) is 2.60. The number of benzene rings is 1.